The minimum atomic E-state index is -3.82. The van der Waals surface area contributed by atoms with Gasteiger partial charge in [0.1, 0.15) is 12.4 Å². The fourth-order valence-corrected chi connectivity index (χ4v) is 3.44. The van der Waals surface area contributed by atoms with E-state index in [1.807, 2.05) is 0 Å². The van der Waals surface area contributed by atoms with Gasteiger partial charge in [-0.2, -0.15) is 0 Å². The average Bonchev–Trinajstić information content (AvgIpc) is 2.50. The minimum absolute atomic E-state index is 0.0731. The van der Waals surface area contributed by atoms with Crippen molar-refractivity contribution in [1.82, 2.24) is 0 Å². The third-order valence-corrected chi connectivity index (χ3v) is 5.04. The van der Waals surface area contributed by atoms with E-state index in [0.717, 1.165) is 16.6 Å². The lowest BCUT2D eigenvalue weighted by Crippen LogP contribution is -2.37. The lowest BCUT2D eigenvalue weighted by Gasteiger charge is -2.23. The SMILES string of the molecule is CS(=O)(=O)N(CC(=O)Nc1ccc(F)c(Cl)c1)c1cc(Cl)ccc1Cl. The molecule has 0 unspecified atom stereocenters. The van der Waals surface area contributed by atoms with Gasteiger partial charge >= 0.3 is 0 Å². The highest BCUT2D eigenvalue weighted by molar-refractivity contribution is 7.92. The maximum Gasteiger partial charge on any atom is 0.245 e. The second kappa shape index (κ2) is 7.78. The van der Waals surface area contributed by atoms with Crippen LogP contribution < -0.4 is 9.62 Å². The number of nitrogens with zero attached hydrogens (tertiary/aromatic N) is 1. The van der Waals surface area contributed by atoms with Gasteiger partial charge in [-0.1, -0.05) is 34.8 Å². The van der Waals surface area contributed by atoms with E-state index < -0.39 is 28.3 Å². The second-order valence-electron chi connectivity index (χ2n) is 5.04. The molecule has 25 heavy (non-hydrogen) atoms. The standard InChI is InChI=1S/C15H12Cl3FN2O3S/c1-25(23,24)21(14-6-9(16)2-4-11(14)17)8-15(22)20-10-3-5-13(19)12(18)7-10/h2-7H,8H2,1H3,(H,20,22). The molecule has 1 amide bonds. The van der Waals surface area contributed by atoms with E-state index in [0.29, 0.717) is 0 Å². The summed E-state index contributed by atoms with van der Waals surface area (Å²) < 4.78 is 38.1. The van der Waals surface area contributed by atoms with Crippen LogP contribution >= 0.6 is 34.8 Å². The number of carbonyl (C=O) groups excluding carboxylic acids is 1. The number of anilines is 2. The summed E-state index contributed by atoms with van der Waals surface area (Å²) in [5, 5.41) is 2.65. The van der Waals surface area contributed by atoms with Crippen molar-refractivity contribution in [2.75, 3.05) is 22.4 Å². The van der Waals surface area contributed by atoms with Crippen LogP contribution in [-0.4, -0.2) is 27.1 Å². The number of hydrogen-bond acceptors (Lipinski definition) is 3. The van der Waals surface area contributed by atoms with Gasteiger partial charge in [-0.25, -0.2) is 12.8 Å². The lowest BCUT2D eigenvalue weighted by atomic mass is 10.3. The predicted molar refractivity (Wildman–Crippen MR) is 98.7 cm³/mol. The number of carbonyl (C=O) groups is 1. The molecular formula is C15H12Cl3FN2O3S. The van der Waals surface area contributed by atoms with Gasteiger partial charge in [-0.15, -0.1) is 0 Å². The largest absolute Gasteiger partial charge is 0.324 e. The van der Waals surface area contributed by atoms with Crippen molar-refractivity contribution in [3.8, 4) is 0 Å². The molecule has 10 heteroatoms. The average molecular weight is 426 g/mol. The van der Waals surface area contributed by atoms with Crippen molar-refractivity contribution in [3.05, 3.63) is 57.3 Å². The molecule has 0 aromatic heterocycles. The quantitative estimate of drug-likeness (QED) is 0.781. The number of sulfonamides is 1. The van der Waals surface area contributed by atoms with E-state index >= 15 is 0 Å². The summed E-state index contributed by atoms with van der Waals surface area (Å²) in [6, 6.07) is 7.86. The van der Waals surface area contributed by atoms with Gasteiger partial charge < -0.3 is 5.32 Å². The van der Waals surface area contributed by atoms with Gasteiger partial charge in [0, 0.05) is 10.7 Å². The lowest BCUT2D eigenvalue weighted by molar-refractivity contribution is -0.114. The first-order chi connectivity index (χ1) is 11.6. The zero-order valence-electron chi connectivity index (χ0n) is 12.8. The maximum atomic E-state index is 13.1. The van der Waals surface area contributed by atoms with Crippen molar-refractivity contribution in [2.45, 2.75) is 0 Å². The highest BCUT2D eigenvalue weighted by atomic mass is 35.5. The van der Waals surface area contributed by atoms with Crippen LogP contribution in [0.5, 0.6) is 0 Å². The van der Waals surface area contributed by atoms with Crippen LogP contribution in [0.15, 0.2) is 36.4 Å². The molecular weight excluding hydrogens is 414 g/mol. The zero-order chi connectivity index (χ0) is 18.8. The molecule has 0 aliphatic heterocycles. The van der Waals surface area contributed by atoms with E-state index in [2.05, 4.69) is 5.32 Å². The summed E-state index contributed by atoms with van der Waals surface area (Å²) in [6.45, 7) is -0.548. The number of amides is 1. The fourth-order valence-electron chi connectivity index (χ4n) is 1.96. The minimum Gasteiger partial charge on any atom is -0.324 e. The first-order valence-corrected chi connectivity index (χ1v) is 9.74. The molecule has 5 nitrogen and oxygen atoms in total. The van der Waals surface area contributed by atoms with Crippen LogP contribution in [0, 0.1) is 5.82 Å². The Labute approximate surface area is 159 Å². The first kappa shape index (κ1) is 19.8. The van der Waals surface area contributed by atoms with E-state index in [1.165, 1.54) is 30.3 Å². The number of benzene rings is 2. The Bertz CT molecular complexity index is 922. The fraction of sp³-hybridized carbons (Fsp3) is 0.133. The van der Waals surface area contributed by atoms with Gasteiger partial charge in [0.05, 0.1) is 22.0 Å². The Hall–Kier alpha value is -1.54. The summed E-state index contributed by atoms with van der Waals surface area (Å²) in [7, 11) is -3.82. The summed E-state index contributed by atoms with van der Waals surface area (Å²) in [4.78, 5) is 12.2. The molecule has 0 aliphatic carbocycles. The molecule has 2 aromatic carbocycles. The normalized spacial score (nSPS) is 11.2. The summed E-state index contributed by atoms with van der Waals surface area (Å²) in [5.41, 5.74) is 0.297. The zero-order valence-corrected chi connectivity index (χ0v) is 15.8. The molecule has 2 aromatic rings. The molecule has 134 valence electrons. The molecule has 0 atom stereocenters. The van der Waals surface area contributed by atoms with E-state index in [-0.39, 0.29) is 26.4 Å². The van der Waals surface area contributed by atoms with Crippen LogP contribution in [0.3, 0.4) is 0 Å². The van der Waals surface area contributed by atoms with Gasteiger partial charge in [0.25, 0.3) is 0 Å². The molecule has 0 heterocycles. The van der Waals surface area contributed by atoms with Gasteiger partial charge in [0.2, 0.25) is 15.9 Å². The van der Waals surface area contributed by atoms with Gasteiger partial charge in [0.15, 0.2) is 0 Å². The Morgan fingerprint density at radius 2 is 1.80 bits per heavy atom. The highest BCUT2D eigenvalue weighted by Gasteiger charge is 2.23. The van der Waals surface area contributed by atoms with Crippen LogP contribution in [-0.2, 0) is 14.8 Å². The topological polar surface area (TPSA) is 66.5 Å². The van der Waals surface area contributed by atoms with E-state index in [4.69, 9.17) is 34.8 Å². The number of hydrogen-bond donors (Lipinski definition) is 1. The summed E-state index contributed by atoms with van der Waals surface area (Å²) in [5.74, 6) is -1.30. The molecule has 0 saturated heterocycles. The Morgan fingerprint density at radius 1 is 1.12 bits per heavy atom. The Balaban J connectivity index is 2.27. The monoisotopic (exact) mass is 424 g/mol. The van der Waals surface area contributed by atoms with Crippen molar-refractivity contribution < 1.29 is 17.6 Å². The molecule has 0 aliphatic rings. The van der Waals surface area contributed by atoms with Gasteiger partial charge in [-0.3, -0.25) is 9.10 Å². The number of nitrogens with one attached hydrogen (secondary N) is 1. The second-order valence-corrected chi connectivity index (χ2v) is 8.20. The Morgan fingerprint density at radius 3 is 2.40 bits per heavy atom. The number of rotatable bonds is 5. The molecule has 0 radical (unpaired) electrons. The highest BCUT2D eigenvalue weighted by Crippen LogP contribution is 2.30. The van der Waals surface area contributed by atoms with Gasteiger partial charge in [-0.05, 0) is 36.4 Å². The van der Waals surface area contributed by atoms with Crippen molar-refractivity contribution in [2.24, 2.45) is 0 Å². The van der Waals surface area contributed by atoms with Crippen LogP contribution in [0.4, 0.5) is 15.8 Å². The predicted octanol–water partition coefficient (Wildman–Crippen LogP) is 4.19. The van der Waals surface area contributed by atoms with Crippen molar-refractivity contribution >= 4 is 62.1 Å². The molecule has 0 spiro atoms. The molecule has 0 fully saturated rings. The third-order valence-electron chi connectivity index (χ3n) is 3.07. The van der Waals surface area contributed by atoms with Crippen LogP contribution in [0.25, 0.3) is 0 Å². The molecule has 0 bridgehead atoms. The van der Waals surface area contributed by atoms with E-state index in [1.54, 1.807) is 0 Å². The van der Waals surface area contributed by atoms with E-state index in [9.17, 15) is 17.6 Å². The smallest absolute Gasteiger partial charge is 0.245 e. The Kier molecular flexibility index (Phi) is 6.16. The molecule has 2 rings (SSSR count). The third kappa shape index (κ3) is 5.22. The van der Waals surface area contributed by atoms with Crippen molar-refractivity contribution in [1.29, 1.82) is 0 Å². The molecule has 0 saturated carbocycles. The summed E-state index contributed by atoms with van der Waals surface area (Å²) in [6.07, 6.45) is 0.937. The van der Waals surface area contributed by atoms with Crippen LogP contribution in [0.1, 0.15) is 0 Å². The maximum absolute atomic E-state index is 13.1. The molecule has 1 N–H and O–H groups in total. The first-order valence-electron chi connectivity index (χ1n) is 6.75. The summed E-state index contributed by atoms with van der Waals surface area (Å²) >= 11 is 17.5. The number of halogens is 4. The van der Waals surface area contributed by atoms with Crippen molar-refractivity contribution in [3.63, 3.8) is 0 Å². The van der Waals surface area contributed by atoms with Crippen LogP contribution in [0.2, 0.25) is 15.1 Å².